The van der Waals surface area contributed by atoms with Crippen molar-refractivity contribution in [3.05, 3.63) is 23.8 Å². The summed E-state index contributed by atoms with van der Waals surface area (Å²) in [6, 6.07) is 5.18. The molecule has 0 aliphatic heterocycles. The van der Waals surface area contributed by atoms with Crippen LogP contribution >= 0.6 is 0 Å². The van der Waals surface area contributed by atoms with Gasteiger partial charge >= 0.3 is 0 Å². The molecule has 4 nitrogen and oxygen atoms in total. The zero-order valence-corrected chi connectivity index (χ0v) is 10.5. The summed E-state index contributed by atoms with van der Waals surface area (Å²) in [6.07, 6.45) is 0.679. The van der Waals surface area contributed by atoms with Gasteiger partial charge in [-0.25, -0.2) is 0 Å². The van der Waals surface area contributed by atoms with Gasteiger partial charge in [-0.2, -0.15) is 0 Å². The lowest BCUT2D eigenvalue weighted by molar-refractivity contribution is 0.0925. The number of carbonyl (C=O) groups excluding carboxylic acids is 1. The molecule has 0 amide bonds. The second-order valence-corrected chi connectivity index (χ2v) is 3.94. The Morgan fingerprint density at radius 3 is 2.18 bits per heavy atom. The van der Waals surface area contributed by atoms with Crippen molar-refractivity contribution >= 4 is 5.78 Å². The smallest absolute Gasteiger partial charge is 0.165 e. The fraction of sp³-hybridized carbons (Fsp3) is 0.462. The van der Waals surface area contributed by atoms with E-state index < -0.39 is 0 Å². The van der Waals surface area contributed by atoms with Gasteiger partial charge < -0.3 is 15.2 Å². The molecular formula is C13H19NO3. The van der Waals surface area contributed by atoms with Crippen LogP contribution in [0.25, 0.3) is 0 Å². The highest BCUT2D eigenvalue weighted by Crippen LogP contribution is 2.24. The number of hydrogen-bond acceptors (Lipinski definition) is 4. The maximum absolute atomic E-state index is 12.1. The van der Waals surface area contributed by atoms with Gasteiger partial charge in [-0.1, -0.05) is 6.92 Å². The van der Waals surface area contributed by atoms with Crippen molar-refractivity contribution in [1.82, 2.24) is 0 Å². The predicted molar refractivity (Wildman–Crippen MR) is 66.7 cm³/mol. The van der Waals surface area contributed by atoms with Gasteiger partial charge in [-0.05, 0) is 25.1 Å². The Balaban J connectivity index is 2.99. The molecule has 1 unspecified atom stereocenters. The molecule has 1 aromatic rings. The van der Waals surface area contributed by atoms with Crippen LogP contribution in [0.4, 0.5) is 0 Å². The monoisotopic (exact) mass is 237 g/mol. The van der Waals surface area contributed by atoms with Crippen LogP contribution in [-0.4, -0.2) is 26.5 Å². The first-order chi connectivity index (χ1) is 8.12. The molecule has 0 aliphatic rings. The van der Waals surface area contributed by atoms with E-state index in [9.17, 15) is 4.79 Å². The van der Waals surface area contributed by atoms with Gasteiger partial charge in [0.05, 0.1) is 14.2 Å². The van der Waals surface area contributed by atoms with E-state index in [0.717, 1.165) is 0 Å². The number of Topliss-reactive ketones (excluding diaryl/α,β-unsaturated/α-hetero) is 1. The molecule has 0 saturated carbocycles. The van der Waals surface area contributed by atoms with E-state index in [4.69, 9.17) is 15.2 Å². The van der Waals surface area contributed by atoms with E-state index in [-0.39, 0.29) is 11.7 Å². The topological polar surface area (TPSA) is 61.5 Å². The molecule has 17 heavy (non-hydrogen) atoms. The van der Waals surface area contributed by atoms with Crippen LogP contribution in [0.3, 0.4) is 0 Å². The van der Waals surface area contributed by atoms with Crippen molar-refractivity contribution in [2.45, 2.75) is 13.3 Å². The highest BCUT2D eigenvalue weighted by atomic mass is 16.5. The first-order valence-electron chi connectivity index (χ1n) is 5.59. The largest absolute Gasteiger partial charge is 0.497 e. The molecule has 2 N–H and O–H groups in total. The van der Waals surface area contributed by atoms with E-state index in [2.05, 4.69) is 0 Å². The Morgan fingerprint density at radius 1 is 1.24 bits per heavy atom. The van der Waals surface area contributed by atoms with Gasteiger partial charge in [0.1, 0.15) is 11.5 Å². The van der Waals surface area contributed by atoms with E-state index in [1.54, 1.807) is 32.4 Å². The molecule has 0 saturated heterocycles. The van der Waals surface area contributed by atoms with Crippen LogP contribution in [0.15, 0.2) is 18.2 Å². The minimum absolute atomic E-state index is 0.0626. The van der Waals surface area contributed by atoms with Gasteiger partial charge in [0, 0.05) is 17.5 Å². The summed E-state index contributed by atoms with van der Waals surface area (Å²) in [5, 5.41) is 0. The van der Waals surface area contributed by atoms with E-state index in [0.29, 0.717) is 30.0 Å². The molecule has 0 aliphatic carbocycles. The Kier molecular flexibility index (Phi) is 4.97. The predicted octanol–water partition coefficient (Wildman–Crippen LogP) is 1.87. The summed E-state index contributed by atoms with van der Waals surface area (Å²) in [5.74, 6) is 1.21. The van der Waals surface area contributed by atoms with Crippen molar-refractivity contribution in [3.63, 3.8) is 0 Å². The fourth-order valence-electron chi connectivity index (χ4n) is 1.62. The van der Waals surface area contributed by atoms with Crippen molar-refractivity contribution in [2.24, 2.45) is 11.7 Å². The third-order valence-electron chi connectivity index (χ3n) is 2.68. The molecule has 0 aromatic heterocycles. The standard InChI is InChI=1S/C13H19NO3/c1-9(4-5-14)13(15)10-6-11(16-2)8-12(7-10)17-3/h6-9H,4-5,14H2,1-3H3. The lowest BCUT2D eigenvalue weighted by atomic mass is 9.96. The lowest BCUT2D eigenvalue weighted by Crippen LogP contribution is -2.15. The average Bonchev–Trinajstić information content (AvgIpc) is 2.37. The summed E-state index contributed by atoms with van der Waals surface area (Å²) in [7, 11) is 3.12. The number of ether oxygens (including phenoxy) is 2. The second-order valence-electron chi connectivity index (χ2n) is 3.94. The highest BCUT2D eigenvalue weighted by molar-refractivity contribution is 5.98. The van der Waals surface area contributed by atoms with Crippen LogP contribution in [0, 0.1) is 5.92 Å². The number of benzene rings is 1. The quantitative estimate of drug-likeness (QED) is 0.767. The summed E-state index contributed by atoms with van der Waals surface area (Å²) in [5.41, 5.74) is 6.06. The van der Waals surface area contributed by atoms with Gasteiger partial charge in [0.25, 0.3) is 0 Å². The number of ketones is 1. The van der Waals surface area contributed by atoms with Crippen LogP contribution < -0.4 is 15.2 Å². The molecule has 0 bridgehead atoms. The normalized spacial score (nSPS) is 12.0. The minimum Gasteiger partial charge on any atom is -0.497 e. The van der Waals surface area contributed by atoms with E-state index in [1.807, 2.05) is 6.92 Å². The number of carbonyl (C=O) groups is 1. The third-order valence-corrected chi connectivity index (χ3v) is 2.68. The molecule has 0 radical (unpaired) electrons. The Bertz CT molecular complexity index is 368. The number of methoxy groups -OCH3 is 2. The Labute approximate surface area is 102 Å². The molecule has 4 heteroatoms. The Morgan fingerprint density at radius 2 is 1.76 bits per heavy atom. The van der Waals surface area contributed by atoms with Gasteiger partial charge in [-0.3, -0.25) is 4.79 Å². The second kappa shape index (κ2) is 6.25. The number of rotatable bonds is 6. The highest BCUT2D eigenvalue weighted by Gasteiger charge is 2.16. The zero-order valence-electron chi connectivity index (χ0n) is 10.5. The maximum Gasteiger partial charge on any atom is 0.165 e. The summed E-state index contributed by atoms with van der Waals surface area (Å²) < 4.78 is 10.3. The van der Waals surface area contributed by atoms with Crippen LogP contribution in [0.5, 0.6) is 11.5 Å². The minimum atomic E-state index is -0.0863. The van der Waals surface area contributed by atoms with Crippen molar-refractivity contribution in [1.29, 1.82) is 0 Å². The van der Waals surface area contributed by atoms with E-state index in [1.165, 1.54) is 0 Å². The SMILES string of the molecule is COc1cc(OC)cc(C(=O)C(C)CCN)c1. The molecule has 0 spiro atoms. The van der Waals surface area contributed by atoms with Gasteiger partial charge in [-0.15, -0.1) is 0 Å². The molecule has 0 heterocycles. The number of nitrogens with two attached hydrogens (primary N) is 1. The molecule has 1 rings (SSSR count). The molecule has 1 aromatic carbocycles. The maximum atomic E-state index is 12.1. The summed E-state index contributed by atoms with van der Waals surface area (Å²) in [6.45, 7) is 2.38. The average molecular weight is 237 g/mol. The molecular weight excluding hydrogens is 218 g/mol. The Hall–Kier alpha value is -1.55. The van der Waals surface area contributed by atoms with Gasteiger partial charge in [0.2, 0.25) is 0 Å². The first-order valence-corrected chi connectivity index (χ1v) is 5.59. The van der Waals surface area contributed by atoms with Crippen molar-refractivity contribution in [3.8, 4) is 11.5 Å². The van der Waals surface area contributed by atoms with Crippen molar-refractivity contribution < 1.29 is 14.3 Å². The summed E-state index contributed by atoms with van der Waals surface area (Å²) >= 11 is 0. The zero-order chi connectivity index (χ0) is 12.8. The van der Waals surface area contributed by atoms with E-state index >= 15 is 0 Å². The lowest BCUT2D eigenvalue weighted by Gasteiger charge is -2.11. The third kappa shape index (κ3) is 3.46. The van der Waals surface area contributed by atoms with Crippen LogP contribution in [0.2, 0.25) is 0 Å². The number of hydrogen-bond donors (Lipinski definition) is 1. The fourth-order valence-corrected chi connectivity index (χ4v) is 1.62. The molecule has 0 fully saturated rings. The summed E-state index contributed by atoms with van der Waals surface area (Å²) in [4.78, 5) is 12.1. The van der Waals surface area contributed by atoms with Gasteiger partial charge in [0.15, 0.2) is 5.78 Å². The van der Waals surface area contributed by atoms with Crippen molar-refractivity contribution in [2.75, 3.05) is 20.8 Å². The first kappa shape index (κ1) is 13.5. The van der Waals surface area contributed by atoms with Crippen LogP contribution in [0.1, 0.15) is 23.7 Å². The molecule has 1 atom stereocenters. The molecule has 94 valence electrons. The van der Waals surface area contributed by atoms with Crippen LogP contribution in [-0.2, 0) is 0 Å².